The van der Waals surface area contributed by atoms with E-state index in [0.717, 1.165) is 12.1 Å². The zero-order valence-corrected chi connectivity index (χ0v) is 15.2. The van der Waals surface area contributed by atoms with Gasteiger partial charge >= 0.3 is 12.2 Å². The number of alkyl halides is 3. The number of carbonyl (C=O) groups excluding carboxylic acids is 2. The largest absolute Gasteiger partial charge is 0.417 e. The molecule has 0 bridgehead atoms. The summed E-state index contributed by atoms with van der Waals surface area (Å²) in [5.74, 6) is -0.228. The number of nitrogens with one attached hydrogen (secondary N) is 3. The number of rotatable bonds is 4. The molecule has 0 radical (unpaired) electrons. The number of hydrogen-bond donors (Lipinski definition) is 3. The van der Waals surface area contributed by atoms with E-state index in [1.165, 1.54) is 13.0 Å². The van der Waals surface area contributed by atoms with Gasteiger partial charge in [0.15, 0.2) is 0 Å². The van der Waals surface area contributed by atoms with Crippen molar-refractivity contribution >= 4 is 34.9 Å². The molecule has 0 saturated carbocycles. The minimum atomic E-state index is -4.62. The fourth-order valence-corrected chi connectivity index (χ4v) is 2.58. The van der Waals surface area contributed by atoms with Gasteiger partial charge in [0.2, 0.25) is 5.91 Å². The molecule has 0 fully saturated rings. The highest BCUT2D eigenvalue weighted by molar-refractivity contribution is 6.31. The first kappa shape index (κ1) is 20.6. The summed E-state index contributed by atoms with van der Waals surface area (Å²) >= 11 is 5.55. The minimum absolute atomic E-state index is 0.0385. The monoisotopic (exact) mass is 399 g/mol. The first-order valence-electron chi connectivity index (χ1n) is 7.88. The molecule has 0 aliphatic carbocycles. The van der Waals surface area contributed by atoms with E-state index in [9.17, 15) is 22.8 Å². The molecule has 5 nitrogen and oxygen atoms in total. The molecule has 0 heterocycles. The van der Waals surface area contributed by atoms with Gasteiger partial charge in [0.25, 0.3) is 0 Å². The normalized spacial score (nSPS) is 12.2. The summed E-state index contributed by atoms with van der Waals surface area (Å²) in [7, 11) is 0. The molecule has 0 spiro atoms. The molecule has 2 aromatic carbocycles. The topological polar surface area (TPSA) is 70.2 Å². The molecule has 1 unspecified atom stereocenters. The summed E-state index contributed by atoms with van der Waals surface area (Å²) in [5.41, 5.74) is 0.214. The second kappa shape index (κ2) is 8.30. The minimum Gasteiger partial charge on any atom is -0.331 e. The van der Waals surface area contributed by atoms with Gasteiger partial charge in [-0.15, -0.1) is 0 Å². The van der Waals surface area contributed by atoms with Gasteiger partial charge in [0.05, 0.1) is 16.6 Å². The highest BCUT2D eigenvalue weighted by Crippen LogP contribution is 2.36. The van der Waals surface area contributed by atoms with Crippen LogP contribution in [0, 0.1) is 0 Å². The molecule has 3 N–H and O–H groups in total. The molecule has 9 heteroatoms. The van der Waals surface area contributed by atoms with E-state index >= 15 is 0 Å². The molecule has 2 aromatic rings. The fraction of sp³-hybridized carbons (Fsp3) is 0.222. The van der Waals surface area contributed by atoms with Crippen LogP contribution in [0.2, 0.25) is 5.02 Å². The average molecular weight is 400 g/mol. The van der Waals surface area contributed by atoms with Crippen molar-refractivity contribution in [3.63, 3.8) is 0 Å². The van der Waals surface area contributed by atoms with Crippen molar-refractivity contribution in [2.45, 2.75) is 26.1 Å². The Morgan fingerprint density at radius 2 is 1.70 bits per heavy atom. The van der Waals surface area contributed by atoms with Gasteiger partial charge in [-0.2, -0.15) is 13.2 Å². The van der Waals surface area contributed by atoms with Crippen molar-refractivity contribution in [2.75, 3.05) is 10.6 Å². The van der Waals surface area contributed by atoms with E-state index in [4.69, 9.17) is 11.6 Å². The SMILES string of the molecule is CC(=O)Nc1cccc(C(C)NC(=O)Nc2ccc(Cl)c(C(F)(F)F)c2)c1. The van der Waals surface area contributed by atoms with Crippen LogP contribution in [0.3, 0.4) is 0 Å². The average Bonchev–Trinajstić information content (AvgIpc) is 2.55. The smallest absolute Gasteiger partial charge is 0.331 e. The molecule has 27 heavy (non-hydrogen) atoms. The summed E-state index contributed by atoms with van der Waals surface area (Å²) in [6.07, 6.45) is -4.62. The Morgan fingerprint density at radius 1 is 1.04 bits per heavy atom. The third-order valence-corrected chi connectivity index (χ3v) is 3.91. The maximum absolute atomic E-state index is 12.9. The number of halogens is 4. The van der Waals surface area contributed by atoms with E-state index < -0.39 is 28.8 Å². The molecule has 0 saturated heterocycles. The Hall–Kier alpha value is -2.74. The number of hydrogen-bond acceptors (Lipinski definition) is 2. The molecule has 3 amide bonds. The number of benzene rings is 2. The standard InChI is InChI=1S/C18H17ClF3N3O2/c1-10(12-4-3-5-13(8-12)24-11(2)26)23-17(27)25-14-6-7-16(19)15(9-14)18(20,21)22/h3-10H,1-2H3,(H,24,26)(H2,23,25,27). The summed E-state index contributed by atoms with van der Waals surface area (Å²) in [6, 6.07) is 8.84. The third kappa shape index (κ3) is 5.89. The highest BCUT2D eigenvalue weighted by atomic mass is 35.5. The van der Waals surface area contributed by atoms with Crippen molar-refractivity contribution in [3.8, 4) is 0 Å². The summed E-state index contributed by atoms with van der Waals surface area (Å²) in [5, 5.41) is 7.16. The molecule has 0 aliphatic rings. The lowest BCUT2D eigenvalue weighted by molar-refractivity contribution is -0.137. The number of urea groups is 1. The molecule has 0 aromatic heterocycles. The van der Waals surface area contributed by atoms with Gasteiger partial charge in [0, 0.05) is 18.3 Å². The first-order chi connectivity index (χ1) is 12.6. The zero-order chi connectivity index (χ0) is 20.2. The maximum atomic E-state index is 12.9. The van der Waals surface area contributed by atoms with Gasteiger partial charge in [-0.25, -0.2) is 4.79 Å². The molecule has 2 rings (SSSR count). The molecule has 1 atom stereocenters. The maximum Gasteiger partial charge on any atom is 0.417 e. The van der Waals surface area contributed by atoms with Crippen LogP contribution in [0.4, 0.5) is 29.3 Å². The predicted molar refractivity (Wildman–Crippen MR) is 97.8 cm³/mol. The van der Waals surface area contributed by atoms with Crippen molar-refractivity contribution < 1.29 is 22.8 Å². The van der Waals surface area contributed by atoms with Gasteiger partial charge in [-0.3, -0.25) is 4.79 Å². The van der Waals surface area contributed by atoms with Crippen LogP contribution < -0.4 is 16.0 Å². The van der Waals surface area contributed by atoms with E-state index in [1.54, 1.807) is 31.2 Å². The quantitative estimate of drug-likeness (QED) is 0.661. The van der Waals surface area contributed by atoms with Crippen LogP contribution in [0.1, 0.15) is 31.0 Å². The lowest BCUT2D eigenvalue weighted by atomic mass is 10.1. The van der Waals surface area contributed by atoms with Crippen LogP contribution in [0.5, 0.6) is 0 Å². The summed E-state index contributed by atoms with van der Waals surface area (Å²) in [6.45, 7) is 3.08. The number of amides is 3. The Kier molecular flexibility index (Phi) is 6.32. The van der Waals surface area contributed by atoms with Gasteiger partial charge in [-0.05, 0) is 42.8 Å². The van der Waals surface area contributed by atoms with E-state index in [0.29, 0.717) is 11.3 Å². The second-order valence-corrected chi connectivity index (χ2v) is 6.23. The van der Waals surface area contributed by atoms with Gasteiger partial charge < -0.3 is 16.0 Å². The zero-order valence-electron chi connectivity index (χ0n) is 14.4. The third-order valence-electron chi connectivity index (χ3n) is 3.58. The van der Waals surface area contributed by atoms with Crippen molar-refractivity contribution in [1.82, 2.24) is 5.32 Å². The lowest BCUT2D eigenvalue weighted by Crippen LogP contribution is -2.31. The van der Waals surface area contributed by atoms with Crippen LogP contribution in [-0.2, 0) is 11.0 Å². The lowest BCUT2D eigenvalue weighted by Gasteiger charge is -2.17. The van der Waals surface area contributed by atoms with Crippen molar-refractivity contribution in [1.29, 1.82) is 0 Å². The second-order valence-electron chi connectivity index (χ2n) is 5.82. The summed E-state index contributed by atoms with van der Waals surface area (Å²) in [4.78, 5) is 23.2. The van der Waals surface area contributed by atoms with Crippen molar-refractivity contribution in [3.05, 3.63) is 58.6 Å². The van der Waals surface area contributed by atoms with Crippen LogP contribution in [0.25, 0.3) is 0 Å². The predicted octanol–water partition coefficient (Wildman–Crippen LogP) is 5.20. The Labute approximate surface area is 158 Å². The molecular formula is C18H17ClF3N3O2. The summed E-state index contributed by atoms with van der Waals surface area (Å²) < 4.78 is 38.6. The van der Waals surface area contributed by atoms with Gasteiger partial charge in [-0.1, -0.05) is 23.7 Å². The molecular weight excluding hydrogens is 383 g/mol. The Bertz CT molecular complexity index is 856. The van der Waals surface area contributed by atoms with Gasteiger partial charge in [0.1, 0.15) is 0 Å². The molecule has 144 valence electrons. The van der Waals surface area contributed by atoms with Crippen molar-refractivity contribution in [2.24, 2.45) is 0 Å². The fourth-order valence-electron chi connectivity index (χ4n) is 2.36. The van der Waals surface area contributed by atoms with E-state index in [2.05, 4.69) is 16.0 Å². The van der Waals surface area contributed by atoms with Crippen LogP contribution in [-0.4, -0.2) is 11.9 Å². The van der Waals surface area contributed by atoms with E-state index in [1.807, 2.05) is 0 Å². The Balaban J connectivity index is 2.06. The van der Waals surface area contributed by atoms with Crippen LogP contribution in [0.15, 0.2) is 42.5 Å². The van der Waals surface area contributed by atoms with Crippen LogP contribution >= 0.6 is 11.6 Å². The number of anilines is 2. The number of carbonyl (C=O) groups is 2. The first-order valence-corrected chi connectivity index (χ1v) is 8.26. The Morgan fingerprint density at radius 3 is 2.33 bits per heavy atom. The van der Waals surface area contributed by atoms with E-state index in [-0.39, 0.29) is 11.6 Å². The molecule has 0 aliphatic heterocycles. The highest BCUT2D eigenvalue weighted by Gasteiger charge is 2.33.